The molecule has 4 rings (SSSR count). The van der Waals surface area contributed by atoms with Crippen LogP contribution >= 0.6 is 11.6 Å². The first-order valence-corrected chi connectivity index (χ1v) is 10.5. The Hall–Kier alpha value is -1.35. The molecule has 0 spiro atoms. The predicted octanol–water partition coefficient (Wildman–Crippen LogP) is 4.81. The molecule has 3 aliphatic rings. The van der Waals surface area contributed by atoms with Gasteiger partial charge in [0.1, 0.15) is 6.29 Å². The molecular formula is C22H28ClNO2. The highest BCUT2D eigenvalue weighted by atomic mass is 35.5. The van der Waals surface area contributed by atoms with E-state index in [2.05, 4.69) is 5.32 Å². The lowest BCUT2D eigenvalue weighted by molar-refractivity contribution is -0.107. The monoisotopic (exact) mass is 373 g/mol. The summed E-state index contributed by atoms with van der Waals surface area (Å²) < 4.78 is 0. The maximum atomic E-state index is 12.8. The van der Waals surface area contributed by atoms with Crippen molar-refractivity contribution in [1.82, 2.24) is 5.32 Å². The van der Waals surface area contributed by atoms with Crippen LogP contribution in [-0.2, 0) is 11.2 Å². The molecule has 26 heavy (non-hydrogen) atoms. The number of hydrogen-bond donors (Lipinski definition) is 1. The molecular weight excluding hydrogens is 346 g/mol. The van der Waals surface area contributed by atoms with Gasteiger partial charge in [-0.3, -0.25) is 4.79 Å². The summed E-state index contributed by atoms with van der Waals surface area (Å²) in [5.41, 5.74) is 1.82. The van der Waals surface area contributed by atoms with Crippen LogP contribution in [0.15, 0.2) is 18.2 Å². The zero-order valence-corrected chi connectivity index (χ0v) is 16.1. The first-order chi connectivity index (χ1) is 12.6. The number of fused-ring (bicyclic) bond motifs is 2. The molecule has 1 aromatic carbocycles. The normalized spacial score (nSPS) is 32.3. The SMILES string of the molecule is O=CCCc1ccc(Cl)c(C(=O)NCC23CCCC4CC(CC4C2)C3)c1. The molecule has 1 amide bonds. The van der Waals surface area contributed by atoms with Crippen molar-refractivity contribution in [2.45, 2.75) is 57.8 Å². The topological polar surface area (TPSA) is 46.2 Å². The number of aryl methyl sites for hydroxylation is 1. The fraction of sp³-hybridized carbons (Fsp3) is 0.636. The number of halogens is 1. The van der Waals surface area contributed by atoms with E-state index < -0.39 is 0 Å². The minimum atomic E-state index is -0.0731. The average Bonchev–Trinajstić information content (AvgIpc) is 2.85. The highest BCUT2D eigenvalue weighted by molar-refractivity contribution is 6.33. The highest BCUT2D eigenvalue weighted by Gasteiger charge is 2.49. The van der Waals surface area contributed by atoms with Gasteiger partial charge in [-0.25, -0.2) is 0 Å². The van der Waals surface area contributed by atoms with Crippen molar-refractivity contribution in [3.8, 4) is 0 Å². The maximum Gasteiger partial charge on any atom is 0.252 e. The second kappa shape index (κ2) is 7.34. The zero-order chi connectivity index (χ0) is 18.1. The van der Waals surface area contributed by atoms with Crippen LogP contribution in [0.5, 0.6) is 0 Å². The number of amides is 1. The van der Waals surface area contributed by atoms with E-state index in [1.54, 1.807) is 6.07 Å². The lowest BCUT2D eigenvalue weighted by Gasteiger charge is -2.40. The smallest absolute Gasteiger partial charge is 0.252 e. The molecule has 3 nitrogen and oxygen atoms in total. The van der Waals surface area contributed by atoms with Crippen LogP contribution < -0.4 is 5.32 Å². The lowest BCUT2D eigenvalue weighted by Crippen LogP contribution is -2.41. The van der Waals surface area contributed by atoms with Gasteiger partial charge in [0.05, 0.1) is 10.6 Å². The van der Waals surface area contributed by atoms with Crippen molar-refractivity contribution < 1.29 is 9.59 Å². The Bertz CT molecular complexity index is 703. The van der Waals surface area contributed by atoms with Gasteiger partial charge in [-0.1, -0.05) is 30.5 Å². The Labute approximate surface area is 160 Å². The Balaban J connectivity index is 1.44. The summed E-state index contributed by atoms with van der Waals surface area (Å²) in [7, 11) is 0. The van der Waals surface area contributed by atoms with Crippen LogP contribution in [0.4, 0.5) is 0 Å². The molecule has 3 aliphatic carbocycles. The molecule has 3 bridgehead atoms. The van der Waals surface area contributed by atoms with Gasteiger partial charge in [-0.05, 0) is 79.4 Å². The molecule has 0 radical (unpaired) electrons. The van der Waals surface area contributed by atoms with Crippen LogP contribution in [0.2, 0.25) is 5.02 Å². The second-order valence-corrected chi connectivity index (χ2v) is 9.27. The van der Waals surface area contributed by atoms with E-state index >= 15 is 0 Å². The summed E-state index contributed by atoms with van der Waals surface area (Å²) in [5.74, 6) is 2.65. The van der Waals surface area contributed by atoms with Gasteiger partial charge in [0, 0.05) is 13.0 Å². The van der Waals surface area contributed by atoms with Gasteiger partial charge in [0.2, 0.25) is 0 Å². The summed E-state index contributed by atoms with van der Waals surface area (Å²) in [4.78, 5) is 23.4. The summed E-state index contributed by atoms with van der Waals surface area (Å²) in [6.45, 7) is 0.778. The van der Waals surface area contributed by atoms with Crippen LogP contribution in [0.25, 0.3) is 0 Å². The Kier molecular flexibility index (Phi) is 5.09. The van der Waals surface area contributed by atoms with E-state index in [0.717, 1.165) is 36.1 Å². The van der Waals surface area contributed by atoms with Crippen LogP contribution in [0, 0.1) is 23.2 Å². The van der Waals surface area contributed by atoms with Gasteiger partial charge >= 0.3 is 0 Å². The number of rotatable bonds is 6. The van der Waals surface area contributed by atoms with Gasteiger partial charge < -0.3 is 10.1 Å². The summed E-state index contributed by atoms with van der Waals surface area (Å²) in [6, 6.07) is 5.50. The van der Waals surface area contributed by atoms with Crippen molar-refractivity contribution >= 4 is 23.8 Å². The molecule has 0 aliphatic heterocycles. The van der Waals surface area contributed by atoms with Gasteiger partial charge in [-0.2, -0.15) is 0 Å². The molecule has 1 aromatic rings. The van der Waals surface area contributed by atoms with E-state index in [-0.39, 0.29) is 5.91 Å². The van der Waals surface area contributed by atoms with Crippen molar-refractivity contribution in [3.05, 3.63) is 34.3 Å². The molecule has 4 heteroatoms. The minimum Gasteiger partial charge on any atom is -0.351 e. The number of nitrogens with one attached hydrogen (secondary N) is 1. The van der Waals surface area contributed by atoms with Crippen molar-refractivity contribution in [1.29, 1.82) is 0 Å². The van der Waals surface area contributed by atoms with Crippen LogP contribution in [0.1, 0.15) is 67.3 Å². The molecule has 4 atom stereocenters. The predicted molar refractivity (Wildman–Crippen MR) is 103 cm³/mol. The molecule has 0 heterocycles. The molecule has 140 valence electrons. The highest BCUT2D eigenvalue weighted by Crippen LogP contribution is 2.58. The fourth-order valence-corrected chi connectivity index (χ4v) is 6.23. The van der Waals surface area contributed by atoms with E-state index in [1.807, 2.05) is 12.1 Å². The van der Waals surface area contributed by atoms with E-state index in [9.17, 15) is 9.59 Å². The number of benzene rings is 1. The lowest BCUT2D eigenvalue weighted by atomic mass is 9.67. The maximum absolute atomic E-state index is 12.8. The van der Waals surface area contributed by atoms with Crippen molar-refractivity contribution in [3.63, 3.8) is 0 Å². The van der Waals surface area contributed by atoms with E-state index in [0.29, 0.717) is 28.8 Å². The van der Waals surface area contributed by atoms with E-state index in [4.69, 9.17) is 11.6 Å². The number of aldehydes is 1. The second-order valence-electron chi connectivity index (χ2n) is 8.86. The molecule has 3 saturated carbocycles. The standard InChI is InChI=1S/C22H28ClNO2/c23-20-6-5-15(3-2-8-25)11-19(20)21(26)24-14-22-7-1-4-17-9-16(12-22)10-18(17)13-22/h5-6,8,11,16-18H,1-4,7,9-10,12-14H2,(H,24,26). The Morgan fingerprint density at radius 2 is 2.12 bits per heavy atom. The number of carbonyl (C=O) groups is 2. The quantitative estimate of drug-likeness (QED) is 0.727. The number of hydrogen-bond acceptors (Lipinski definition) is 2. The average molecular weight is 374 g/mol. The summed E-state index contributed by atoms with van der Waals surface area (Å²) >= 11 is 6.28. The Morgan fingerprint density at radius 1 is 1.27 bits per heavy atom. The fourth-order valence-electron chi connectivity index (χ4n) is 6.03. The molecule has 3 fully saturated rings. The third-order valence-corrected chi connectivity index (χ3v) is 7.42. The molecule has 0 saturated heterocycles. The summed E-state index contributed by atoms with van der Waals surface area (Å²) in [5, 5.41) is 3.70. The third kappa shape index (κ3) is 3.55. The van der Waals surface area contributed by atoms with Crippen LogP contribution in [-0.4, -0.2) is 18.7 Å². The minimum absolute atomic E-state index is 0.0731. The van der Waals surface area contributed by atoms with Gasteiger partial charge in [-0.15, -0.1) is 0 Å². The summed E-state index contributed by atoms with van der Waals surface area (Å²) in [6.07, 6.45) is 11.4. The van der Waals surface area contributed by atoms with Gasteiger partial charge in [0.25, 0.3) is 5.91 Å². The van der Waals surface area contributed by atoms with Crippen LogP contribution in [0.3, 0.4) is 0 Å². The first-order valence-electron chi connectivity index (χ1n) is 10.1. The molecule has 0 aromatic heterocycles. The van der Waals surface area contributed by atoms with Crippen molar-refractivity contribution in [2.75, 3.05) is 6.54 Å². The van der Waals surface area contributed by atoms with E-state index in [1.165, 1.54) is 44.9 Å². The third-order valence-electron chi connectivity index (χ3n) is 7.09. The number of carbonyl (C=O) groups excluding carboxylic acids is 2. The first kappa shape index (κ1) is 18.0. The largest absolute Gasteiger partial charge is 0.351 e. The zero-order valence-electron chi connectivity index (χ0n) is 15.3. The molecule has 1 N–H and O–H groups in total. The Morgan fingerprint density at radius 3 is 2.96 bits per heavy atom. The van der Waals surface area contributed by atoms with Crippen molar-refractivity contribution in [2.24, 2.45) is 23.2 Å². The molecule has 4 unspecified atom stereocenters. The van der Waals surface area contributed by atoms with Gasteiger partial charge in [0.15, 0.2) is 0 Å².